The predicted octanol–water partition coefficient (Wildman–Crippen LogP) is -0.653. The van der Waals surface area contributed by atoms with Crippen LogP contribution in [0.4, 0.5) is 0 Å². The first-order valence-electron chi connectivity index (χ1n) is 2.87. The van der Waals surface area contributed by atoms with Gasteiger partial charge in [0.25, 0.3) is 0 Å². The first-order valence-corrected chi connectivity index (χ1v) is 4.83. The van der Waals surface area contributed by atoms with Crippen molar-refractivity contribution in [1.82, 2.24) is 0 Å². The molecule has 10 heavy (non-hydrogen) atoms. The number of ether oxygens (including phenoxy) is 1. The molecule has 0 aromatic heterocycles. The summed E-state index contributed by atoms with van der Waals surface area (Å²) in [6.45, 7) is 0.233. The highest BCUT2D eigenvalue weighted by Gasteiger charge is 2.34. The molecule has 0 N–H and O–H groups in total. The molecule has 0 saturated carbocycles. The molecular weight excluding hydrogens is 156 g/mol. The van der Waals surface area contributed by atoms with Crippen molar-refractivity contribution < 1.29 is 17.9 Å². The van der Waals surface area contributed by atoms with Crippen LogP contribution in [0.3, 0.4) is 0 Å². The van der Waals surface area contributed by atoms with Crippen LogP contribution in [0.5, 0.6) is 0 Å². The van der Waals surface area contributed by atoms with E-state index in [1.807, 2.05) is 0 Å². The average Bonchev–Trinajstić information content (AvgIpc) is 2.11. The topological polar surface area (TPSA) is 60.4 Å². The fourth-order valence-corrected chi connectivity index (χ4v) is 1.81. The Balaban J connectivity index is 2.84. The van der Waals surface area contributed by atoms with Crippen LogP contribution in [0, 0.1) is 0 Å². The third-order valence-corrected chi connectivity index (χ3v) is 2.87. The van der Waals surface area contributed by atoms with Crippen molar-refractivity contribution in [2.75, 3.05) is 12.9 Å². The lowest BCUT2D eigenvalue weighted by atomic mass is 10.4. The van der Waals surface area contributed by atoms with E-state index in [9.17, 15) is 13.2 Å². The molecule has 5 heteroatoms. The fourth-order valence-electron chi connectivity index (χ4n) is 0.866. The van der Waals surface area contributed by atoms with Crippen LogP contribution in [0.15, 0.2) is 0 Å². The van der Waals surface area contributed by atoms with Gasteiger partial charge in [0, 0.05) is 12.7 Å². The second-order valence-corrected chi connectivity index (χ2v) is 4.50. The first kappa shape index (κ1) is 7.53. The molecule has 4 nitrogen and oxygen atoms in total. The Morgan fingerprint density at radius 1 is 1.60 bits per heavy atom. The Kier molecular flexibility index (Phi) is 1.68. The van der Waals surface area contributed by atoms with Crippen LogP contribution in [0.2, 0.25) is 0 Å². The molecule has 58 valence electrons. The molecule has 1 heterocycles. The maximum absolute atomic E-state index is 10.7. The van der Waals surface area contributed by atoms with Crippen LogP contribution in [-0.4, -0.2) is 32.5 Å². The van der Waals surface area contributed by atoms with Gasteiger partial charge in [-0.05, 0) is 0 Å². The lowest BCUT2D eigenvalue weighted by molar-refractivity contribution is -0.137. The summed E-state index contributed by atoms with van der Waals surface area (Å²) in [4.78, 5) is 10.6. The molecule has 1 aliphatic rings. The maximum atomic E-state index is 10.7. The predicted molar refractivity (Wildman–Crippen MR) is 34.2 cm³/mol. The summed E-state index contributed by atoms with van der Waals surface area (Å²) in [6.07, 6.45) is 1.35. The Hall–Kier alpha value is -0.580. The molecule has 1 saturated heterocycles. The molecule has 0 radical (unpaired) electrons. The van der Waals surface area contributed by atoms with E-state index < -0.39 is 21.1 Å². The lowest BCUT2D eigenvalue weighted by Crippen LogP contribution is -2.24. The number of cyclic esters (lactones) is 1. The SMILES string of the molecule is CS(=O)(=O)C1CCOC1=O. The summed E-state index contributed by atoms with van der Waals surface area (Å²) in [5.41, 5.74) is 0. The van der Waals surface area contributed by atoms with Gasteiger partial charge in [0.15, 0.2) is 15.1 Å². The number of carbonyl (C=O) groups excluding carboxylic acids is 1. The Morgan fingerprint density at radius 3 is 2.40 bits per heavy atom. The second kappa shape index (κ2) is 2.23. The van der Waals surface area contributed by atoms with Gasteiger partial charge in [0.05, 0.1) is 6.61 Å². The molecule has 0 spiro atoms. The molecule has 1 aliphatic heterocycles. The third kappa shape index (κ3) is 1.29. The highest BCUT2D eigenvalue weighted by Crippen LogP contribution is 2.13. The summed E-state index contributed by atoms with van der Waals surface area (Å²) in [7, 11) is -3.23. The van der Waals surface area contributed by atoms with E-state index in [1.54, 1.807) is 0 Å². The van der Waals surface area contributed by atoms with Gasteiger partial charge >= 0.3 is 5.97 Å². The first-order chi connectivity index (χ1) is 4.52. The highest BCUT2D eigenvalue weighted by atomic mass is 32.2. The van der Waals surface area contributed by atoms with Crippen LogP contribution in [-0.2, 0) is 19.4 Å². The molecule has 0 aromatic rings. The van der Waals surface area contributed by atoms with Crippen LogP contribution < -0.4 is 0 Å². The van der Waals surface area contributed by atoms with Gasteiger partial charge in [0.1, 0.15) is 0 Å². The van der Waals surface area contributed by atoms with Crippen molar-refractivity contribution in [3.8, 4) is 0 Å². The number of hydrogen-bond donors (Lipinski definition) is 0. The van der Waals surface area contributed by atoms with E-state index in [2.05, 4.69) is 4.74 Å². The van der Waals surface area contributed by atoms with Crippen molar-refractivity contribution in [1.29, 1.82) is 0 Å². The maximum Gasteiger partial charge on any atom is 0.324 e. The molecule has 0 aromatic carbocycles. The fraction of sp³-hybridized carbons (Fsp3) is 0.800. The standard InChI is InChI=1S/C5H8O4S/c1-10(7,8)4-2-3-9-5(4)6/h4H,2-3H2,1H3. The summed E-state index contributed by atoms with van der Waals surface area (Å²) in [5.74, 6) is -0.609. The molecule has 0 bridgehead atoms. The van der Waals surface area contributed by atoms with Gasteiger partial charge in [-0.1, -0.05) is 0 Å². The van der Waals surface area contributed by atoms with Crippen molar-refractivity contribution >= 4 is 15.8 Å². The molecule has 1 atom stereocenters. The molecule has 1 fully saturated rings. The van der Waals surface area contributed by atoms with Crippen molar-refractivity contribution in [2.24, 2.45) is 0 Å². The summed E-state index contributed by atoms with van der Waals surface area (Å²) < 4.78 is 26.0. The minimum Gasteiger partial charge on any atom is -0.465 e. The van der Waals surface area contributed by atoms with Crippen molar-refractivity contribution in [3.05, 3.63) is 0 Å². The number of esters is 1. The van der Waals surface area contributed by atoms with E-state index in [4.69, 9.17) is 0 Å². The smallest absolute Gasteiger partial charge is 0.324 e. The zero-order valence-electron chi connectivity index (χ0n) is 5.53. The number of carbonyl (C=O) groups is 1. The number of rotatable bonds is 1. The van der Waals surface area contributed by atoms with Crippen LogP contribution >= 0.6 is 0 Å². The molecule has 0 aliphatic carbocycles. The van der Waals surface area contributed by atoms with Gasteiger partial charge in [-0.2, -0.15) is 0 Å². The summed E-state index contributed by atoms with van der Waals surface area (Å²) in [5, 5.41) is -0.910. The Labute approximate surface area is 59.1 Å². The van der Waals surface area contributed by atoms with E-state index >= 15 is 0 Å². The minimum atomic E-state index is -3.23. The largest absolute Gasteiger partial charge is 0.465 e. The normalized spacial score (nSPS) is 26.5. The van der Waals surface area contributed by atoms with E-state index in [-0.39, 0.29) is 6.61 Å². The Bertz CT molecular complexity index is 240. The van der Waals surface area contributed by atoms with E-state index in [0.717, 1.165) is 6.26 Å². The van der Waals surface area contributed by atoms with E-state index in [1.165, 1.54) is 0 Å². The molecule has 1 rings (SSSR count). The monoisotopic (exact) mass is 164 g/mol. The average molecular weight is 164 g/mol. The van der Waals surface area contributed by atoms with Crippen LogP contribution in [0.25, 0.3) is 0 Å². The third-order valence-electron chi connectivity index (χ3n) is 1.40. The quantitative estimate of drug-likeness (QED) is 0.483. The second-order valence-electron chi connectivity index (χ2n) is 2.27. The lowest BCUT2D eigenvalue weighted by Gasteiger charge is -1.99. The van der Waals surface area contributed by atoms with Crippen molar-refractivity contribution in [3.63, 3.8) is 0 Å². The minimum absolute atomic E-state index is 0.233. The highest BCUT2D eigenvalue weighted by molar-refractivity contribution is 7.92. The van der Waals surface area contributed by atoms with Gasteiger partial charge < -0.3 is 4.74 Å². The molecule has 0 amide bonds. The molecular formula is C5H8O4S. The van der Waals surface area contributed by atoms with Gasteiger partial charge in [0.2, 0.25) is 0 Å². The number of hydrogen-bond acceptors (Lipinski definition) is 4. The van der Waals surface area contributed by atoms with Crippen molar-refractivity contribution in [2.45, 2.75) is 11.7 Å². The Morgan fingerprint density at radius 2 is 2.20 bits per heavy atom. The van der Waals surface area contributed by atoms with E-state index in [0.29, 0.717) is 6.42 Å². The summed E-state index contributed by atoms with van der Waals surface area (Å²) >= 11 is 0. The van der Waals surface area contributed by atoms with Gasteiger partial charge in [-0.25, -0.2) is 8.42 Å². The van der Waals surface area contributed by atoms with Gasteiger partial charge in [-0.3, -0.25) is 4.79 Å². The van der Waals surface area contributed by atoms with Gasteiger partial charge in [-0.15, -0.1) is 0 Å². The zero-order valence-corrected chi connectivity index (χ0v) is 6.35. The van der Waals surface area contributed by atoms with Crippen LogP contribution in [0.1, 0.15) is 6.42 Å². The zero-order chi connectivity index (χ0) is 7.78. The molecule has 1 unspecified atom stereocenters. The number of sulfone groups is 1. The summed E-state index contributed by atoms with van der Waals surface area (Å²) in [6, 6.07) is 0.